The molecule has 0 radical (unpaired) electrons. The molecule has 0 atom stereocenters. The van der Waals surface area contributed by atoms with E-state index in [4.69, 9.17) is 10.5 Å². The van der Waals surface area contributed by atoms with Gasteiger partial charge in [0.2, 0.25) is 0 Å². The summed E-state index contributed by atoms with van der Waals surface area (Å²) in [4.78, 5) is 0. The summed E-state index contributed by atoms with van der Waals surface area (Å²) < 4.78 is 5.33. The Balaban J connectivity index is 1.95. The Bertz CT molecular complexity index is 172. The molecule has 0 bridgehead atoms. The van der Waals surface area contributed by atoms with Crippen LogP contribution >= 0.6 is 0 Å². The smallest absolute Gasteiger partial charge is 0.0552 e. The van der Waals surface area contributed by atoms with Crippen LogP contribution in [0.25, 0.3) is 0 Å². The molecule has 0 spiro atoms. The van der Waals surface area contributed by atoms with Crippen LogP contribution in [0.3, 0.4) is 0 Å². The Hall–Kier alpha value is -0.120. The number of aliphatic hydroxyl groups is 1. The summed E-state index contributed by atoms with van der Waals surface area (Å²) in [7, 11) is 0. The second kappa shape index (κ2) is 3.56. The molecule has 76 valence electrons. The Morgan fingerprint density at radius 2 is 1.92 bits per heavy atom. The van der Waals surface area contributed by atoms with Crippen molar-refractivity contribution < 1.29 is 9.84 Å². The molecule has 2 aliphatic rings. The van der Waals surface area contributed by atoms with E-state index >= 15 is 0 Å². The number of ether oxygens (including phenoxy) is 1. The lowest BCUT2D eigenvalue weighted by atomic mass is 9.58. The molecule has 0 amide bonds. The first-order valence-corrected chi connectivity index (χ1v) is 5.23. The van der Waals surface area contributed by atoms with E-state index in [1.54, 1.807) is 0 Å². The van der Waals surface area contributed by atoms with E-state index in [2.05, 4.69) is 0 Å². The third-order valence-electron chi connectivity index (χ3n) is 3.78. The quantitative estimate of drug-likeness (QED) is 0.659. The highest BCUT2D eigenvalue weighted by atomic mass is 16.5. The van der Waals surface area contributed by atoms with Gasteiger partial charge in [-0.1, -0.05) is 0 Å². The Morgan fingerprint density at radius 3 is 2.38 bits per heavy atom. The van der Waals surface area contributed by atoms with Gasteiger partial charge >= 0.3 is 0 Å². The van der Waals surface area contributed by atoms with Crippen LogP contribution in [0.4, 0.5) is 0 Å². The summed E-state index contributed by atoms with van der Waals surface area (Å²) in [6, 6.07) is 0. The van der Waals surface area contributed by atoms with Crippen LogP contribution in [0.2, 0.25) is 0 Å². The van der Waals surface area contributed by atoms with Gasteiger partial charge in [-0.15, -0.1) is 0 Å². The third kappa shape index (κ3) is 1.60. The molecule has 1 aliphatic carbocycles. The fourth-order valence-electron chi connectivity index (χ4n) is 2.86. The predicted molar refractivity (Wildman–Crippen MR) is 50.3 cm³/mol. The van der Waals surface area contributed by atoms with Crippen LogP contribution < -0.4 is 5.73 Å². The van der Waals surface area contributed by atoms with E-state index in [0.29, 0.717) is 5.92 Å². The van der Waals surface area contributed by atoms with Crippen molar-refractivity contribution in [2.24, 2.45) is 17.1 Å². The highest BCUT2D eigenvalue weighted by molar-refractivity contribution is 4.99. The van der Waals surface area contributed by atoms with Gasteiger partial charge in [-0.05, 0) is 43.6 Å². The molecule has 2 rings (SSSR count). The highest BCUT2D eigenvalue weighted by Gasteiger charge is 2.47. The summed E-state index contributed by atoms with van der Waals surface area (Å²) in [6.07, 6.45) is 3.99. The molecule has 0 aromatic heterocycles. The van der Waals surface area contributed by atoms with E-state index in [1.165, 1.54) is 0 Å². The zero-order valence-corrected chi connectivity index (χ0v) is 8.04. The largest absolute Gasteiger partial charge is 0.393 e. The predicted octanol–water partition coefficient (Wildman–Crippen LogP) is 0.513. The van der Waals surface area contributed by atoms with Gasteiger partial charge in [0.25, 0.3) is 0 Å². The van der Waals surface area contributed by atoms with Crippen molar-refractivity contribution in [3.63, 3.8) is 0 Å². The lowest BCUT2D eigenvalue weighted by Gasteiger charge is -2.51. The first-order valence-electron chi connectivity index (χ1n) is 5.23. The highest BCUT2D eigenvalue weighted by Crippen LogP contribution is 2.49. The van der Waals surface area contributed by atoms with Crippen LogP contribution in [0, 0.1) is 11.3 Å². The van der Waals surface area contributed by atoms with E-state index in [-0.39, 0.29) is 11.5 Å². The Morgan fingerprint density at radius 1 is 1.31 bits per heavy atom. The average molecular weight is 185 g/mol. The number of hydrogen-bond donors (Lipinski definition) is 2. The monoisotopic (exact) mass is 185 g/mol. The SMILES string of the molecule is NCC1(C2CCOCC2)CC(O)C1. The fraction of sp³-hybridized carbons (Fsp3) is 1.00. The van der Waals surface area contributed by atoms with Gasteiger partial charge < -0.3 is 15.6 Å². The molecule has 2 fully saturated rings. The second-order valence-corrected chi connectivity index (χ2v) is 4.52. The maximum Gasteiger partial charge on any atom is 0.0552 e. The number of rotatable bonds is 2. The Labute approximate surface area is 79.3 Å². The van der Waals surface area contributed by atoms with Crippen LogP contribution in [0.1, 0.15) is 25.7 Å². The maximum atomic E-state index is 9.36. The van der Waals surface area contributed by atoms with Gasteiger partial charge in [0, 0.05) is 13.2 Å². The van der Waals surface area contributed by atoms with Gasteiger partial charge in [-0.3, -0.25) is 0 Å². The zero-order valence-electron chi connectivity index (χ0n) is 8.04. The van der Waals surface area contributed by atoms with Crippen molar-refractivity contribution in [1.82, 2.24) is 0 Å². The van der Waals surface area contributed by atoms with Crippen molar-refractivity contribution in [3.8, 4) is 0 Å². The van der Waals surface area contributed by atoms with E-state index < -0.39 is 0 Å². The summed E-state index contributed by atoms with van der Waals surface area (Å²) in [5, 5.41) is 9.36. The topological polar surface area (TPSA) is 55.5 Å². The normalized spacial score (nSPS) is 41.5. The van der Waals surface area contributed by atoms with Gasteiger partial charge in [-0.2, -0.15) is 0 Å². The first kappa shape index (κ1) is 9.44. The van der Waals surface area contributed by atoms with Crippen LogP contribution in [-0.2, 0) is 4.74 Å². The number of aliphatic hydroxyl groups excluding tert-OH is 1. The van der Waals surface area contributed by atoms with Crippen molar-refractivity contribution in [2.75, 3.05) is 19.8 Å². The minimum Gasteiger partial charge on any atom is -0.393 e. The molecule has 0 unspecified atom stereocenters. The molecule has 1 aliphatic heterocycles. The minimum absolute atomic E-state index is 0.0913. The molecule has 0 aromatic rings. The standard InChI is InChI=1S/C10H19NO2/c11-7-10(5-9(12)6-10)8-1-3-13-4-2-8/h8-9,12H,1-7,11H2. The van der Waals surface area contributed by atoms with Gasteiger partial charge in [0.15, 0.2) is 0 Å². The van der Waals surface area contributed by atoms with Crippen LogP contribution in [-0.4, -0.2) is 31.0 Å². The molecule has 13 heavy (non-hydrogen) atoms. The molecule has 3 nitrogen and oxygen atoms in total. The average Bonchev–Trinajstić information content (AvgIpc) is 2.14. The van der Waals surface area contributed by atoms with E-state index in [0.717, 1.165) is 45.4 Å². The van der Waals surface area contributed by atoms with E-state index in [1.807, 2.05) is 0 Å². The summed E-state index contributed by atoms with van der Waals surface area (Å²) in [5.41, 5.74) is 6.06. The summed E-state index contributed by atoms with van der Waals surface area (Å²) in [6.45, 7) is 2.49. The summed E-state index contributed by atoms with van der Waals surface area (Å²) >= 11 is 0. The minimum atomic E-state index is -0.0913. The molecular weight excluding hydrogens is 166 g/mol. The van der Waals surface area contributed by atoms with Crippen LogP contribution in [0.15, 0.2) is 0 Å². The molecule has 1 saturated heterocycles. The molecule has 1 heterocycles. The van der Waals surface area contributed by atoms with Crippen molar-refractivity contribution >= 4 is 0 Å². The lowest BCUT2D eigenvalue weighted by Crippen LogP contribution is -2.52. The van der Waals surface area contributed by atoms with Gasteiger partial charge in [0.05, 0.1) is 6.10 Å². The zero-order chi connectivity index (χ0) is 9.31. The summed E-state index contributed by atoms with van der Waals surface area (Å²) in [5.74, 6) is 0.689. The molecular formula is C10H19NO2. The maximum absolute atomic E-state index is 9.36. The fourth-order valence-corrected chi connectivity index (χ4v) is 2.86. The number of nitrogens with two attached hydrogens (primary N) is 1. The van der Waals surface area contributed by atoms with Crippen molar-refractivity contribution in [2.45, 2.75) is 31.8 Å². The van der Waals surface area contributed by atoms with Crippen molar-refractivity contribution in [3.05, 3.63) is 0 Å². The Kier molecular flexibility index (Phi) is 2.58. The number of hydrogen-bond acceptors (Lipinski definition) is 3. The first-order chi connectivity index (χ1) is 6.27. The molecule has 3 N–H and O–H groups in total. The lowest BCUT2D eigenvalue weighted by molar-refractivity contribution is -0.0927. The molecule has 3 heteroatoms. The van der Waals surface area contributed by atoms with Crippen molar-refractivity contribution in [1.29, 1.82) is 0 Å². The molecule has 0 aromatic carbocycles. The van der Waals surface area contributed by atoms with Gasteiger partial charge in [-0.25, -0.2) is 0 Å². The third-order valence-corrected chi connectivity index (χ3v) is 3.78. The van der Waals surface area contributed by atoms with E-state index in [9.17, 15) is 5.11 Å². The second-order valence-electron chi connectivity index (χ2n) is 4.52. The van der Waals surface area contributed by atoms with Gasteiger partial charge in [0.1, 0.15) is 0 Å². The molecule has 1 saturated carbocycles. The van der Waals surface area contributed by atoms with Crippen LogP contribution in [0.5, 0.6) is 0 Å².